The highest BCUT2D eigenvalue weighted by Crippen LogP contribution is 2.28. The number of nitrogens with one attached hydrogen (secondary N) is 1. The molecular weight excluding hydrogens is 216 g/mol. The zero-order valence-corrected chi connectivity index (χ0v) is 10.9. The van der Waals surface area contributed by atoms with Crippen molar-refractivity contribution in [2.24, 2.45) is 5.73 Å². The van der Waals surface area contributed by atoms with Crippen LogP contribution < -0.4 is 15.8 Å². The Balaban J connectivity index is 3.17. The molecule has 0 bridgehead atoms. The molecule has 0 heterocycles. The van der Waals surface area contributed by atoms with Crippen molar-refractivity contribution in [3.63, 3.8) is 0 Å². The molecule has 17 heavy (non-hydrogen) atoms. The molecular formula is C13H22N2O2. The van der Waals surface area contributed by atoms with Gasteiger partial charge in [0.15, 0.2) is 0 Å². The quantitative estimate of drug-likeness (QED) is 0.713. The van der Waals surface area contributed by atoms with E-state index in [0.29, 0.717) is 0 Å². The maximum Gasteiger partial charge on any atom is 0.122 e. The molecule has 0 aromatic heterocycles. The predicted molar refractivity (Wildman–Crippen MR) is 69.3 cm³/mol. The molecule has 0 aliphatic carbocycles. The molecule has 0 saturated carbocycles. The smallest absolute Gasteiger partial charge is 0.122 e. The second-order valence-corrected chi connectivity index (χ2v) is 4.18. The minimum absolute atomic E-state index is 0.149. The molecule has 1 rings (SSSR count). The third kappa shape index (κ3) is 2.77. The summed E-state index contributed by atoms with van der Waals surface area (Å²) in [7, 11) is 3.48. The first-order valence-corrected chi connectivity index (χ1v) is 5.76. The van der Waals surface area contributed by atoms with Crippen LogP contribution in [0.25, 0.3) is 0 Å². The molecule has 4 nitrogen and oxygen atoms in total. The van der Waals surface area contributed by atoms with Gasteiger partial charge in [0.1, 0.15) is 5.75 Å². The highest BCUT2D eigenvalue weighted by atomic mass is 16.5. The van der Waals surface area contributed by atoms with Crippen LogP contribution in [0.5, 0.6) is 5.75 Å². The molecule has 0 saturated heterocycles. The molecule has 0 amide bonds. The van der Waals surface area contributed by atoms with Gasteiger partial charge in [-0.2, -0.15) is 0 Å². The van der Waals surface area contributed by atoms with Crippen molar-refractivity contribution in [3.05, 3.63) is 28.8 Å². The number of likely N-dealkylation sites (N-methyl/N-ethyl adjacent to an activating group) is 1. The maximum absolute atomic E-state index is 9.89. The molecule has 4 heteroatoms. The van der Waals surface area contributed by atoms with Crippen LogP contribution in [0.4, 0.5) is 0 Å². The molecule has 0 radical (unpaired) electrons. The number of aliphatic hydroxyl groups excluding tert-OH is 1. The molecule has 0 aliphatic rings. The monoisotopic (exact) mass is 238 g/mol. The van der Waals surface area contributed by atoms with Gasteiger partial charge in [-0.3, -0.25) is 0 Å². The Bertz CT molecular complexity index is 380. The first-order chi connectivity index (χ1) is 8.06. The molecule has 96 valence electrons. The van der Waals surface area contributed by atoms with Gasteiger partial charge in [0.05, 0.1) is 19.3 Å². The lowest BCUT2D eigenvalue weighted by atomic mass is 9.93. The summed E-state index contributed by atoms with van der Waals surface area (Å²) in [4.78, 5) is 0. The van der Waals surface area contributed by atoms with Crippen LogP contribution in [-0.2, 0) is 0 Å². The lowest BCUT2D eigenvalue weighted by molar-refractivity contribution is 0.139. The molecule has 0 spiro atoms. The fourth-order valence-corrected chi connectivity index (χ4v) is 2.07. The summed E-state index contributed by atoms with van der Waals surface area (Å²) in [6, 6.07) is 3.75. The number of rotatable bonds is 5. The number of nitrogens with two attached hydrogens (primary N) is 1. The van der Waals surface area contributed by atoms with Crippen molar-refractivity contribution in [3.8, 4) is 5.75 Å². The van der Waals surface area contributed by atoms with E-state index in [9.17, 15) is 5.11 Å². The zero-order chi connectivity index (χ0) is 13.0. The molecule has 0 aliphatic heterocycles. The van der Waals surface area contributed by atoms with Gasteiger partial charge in [-0.15, -0.1) is 0 Å². The minimum atomic E-state index is -0.591. The van der Waals surface area contributed by atoms with E-state index in [1.165, 1.54) is 0 Å². The van der Waals surface area contributed by atoms with Gasteiger partial charge in [-0.05, 0) is 43.7 Å². The second-order valence-electron chi connectivity index (χ2n) is 4.18. The van der Waals surface area contributed by atoms with Crippen LogP contribution in [0.1, 0.15) is 22.7 Å². The first kappa shape index (κ1) is 14.0. The van der Waals surface area contributed by atoms with Crippen LogP contribution in [0.3, 0.4) is 0 Å². The van der Waals surface area contributed by atoms with Crippen molar-refractivity contribution in [1.29, 1.82) is 0 Å². The van der Waals surface area contributed by atoms with Gasteiger partial charge in [0, 0.05) is 6.54 Å². The molecule has 2 unspecified atom stereocenters. The Labute approximate surface area is 103 Å². The fourth-order valence-electron chi connectivity index (χ4n) is 2.07. The van der Waals surface area contributed by atoms with Crippen molar-refractivity contribution in [2.75, 3.05) is 20.7 Å². The van der Waals surface area contributed by atoms with Gasteiger partial charge in [0.2, 0.25) is 0 Å². The number of methoxy groups -OCH3 is 1. The van der Waals surface area contributed by atoms with E-state index in [2.05, 4.69) is 5.32 Å². The average Bonchev–Trinajstić information content (AvgIpc) is 2.35. The van der Waals surface area contributed by atoms with Gasteiger partial charge in [-0.1, -0.05) is 6.07 Å². The summed E-state index contributed by atoms with van der Waals surface area (Å²) >= 11 is 0. The second kappa shape index (κ2) is 6.00. The van der Waals surface area contributed by atoms with Crippen molar-refractivity contribution in [2.45, 2.75) is 26.0 Å². The van der Waals surface area contributed by atoms with Crippen LogP contribution >= 0.6 is 0 Å². The van der Waals surface area contributed by atoms with E-state index < -0.39 is 6.10 Å². The van der Waals surface area contributed by atoms with E-state index in [0.717, 1.165) is 22.4 Å². The van der Waals surface area contributed by atoms with Crippen LogP contribution in [-0.4, -0.2) is 31.9 Å². The molecule has 0 fully saturated rings. The predicted octanol–water partition coefficient (Wildman–Crippen LogP) is 0.892. The van der Waals surface area contributed by atoms with E-state index >= 15 is 0 Å². The number of ether oxygens (including phenoxy) is 1. The zero-order valence-electron chi connectivity index (χ0n) is 10.9. The van der Waals surface area contributed by atoms with E-state index in [4.69, 9.17) is 10.5 Å². The minimum Gasteiger partial charge on any atom is -0.496 e. The van der Waals surface area contributed by atoms with E-state index in [1.807, 2.05) is 33.0 Å². The number of hydrogen-bond acceptors (Lipinski definition) is 4. The summed E-state index contributed by atoms with van der Waals surface area (Å²) in [5.41, 5.74) is 8.79. The number of hydrogen-bond donors (Lipinski definition) is 3. The summed E-state index contributed by atoms with van der Waals surface area (Å²) in [6.07, 6.45) is -0.591. The molecule has 4 N–H and O–H groups in total. The average molecular weight is 238 g/mol. The van der Waals surface area contributed by atoms with Gasteiger partial charge in [0.25, 0.3) is 0 Å². The van der Waals surface area contributed by atoms with Gasteiger partial charge in [-0.25, -0.2) is 0 Å². The topological polar surface area (TPSA) is 67.5 Å². The summed E-state index contributed by atoms with van der Waals surface area (Å²) < 4.78 is 5.27. The molecule has 1 aromatic rings. The fraction of sp³-hybridized carbons (Fsp3) is 0.538. The van der Waals surface area contributed by atoms with Crippen molar-refractivity contribution >= 4 is 0 Å². The first-order valence-electron chi connectivity index (χ1n) is 5.76. The Morgan fingerprint density at radius 2 is 2.00 bits per heavy atom. The highest BCUT2D eigenvalue weighted by molar-refractivity contribution is 5.45. The summed E-state index contributed by atoms with van der Waals surface area (Å²) in [5.74, 6) is 0.864. The Morgan fingerprint density at radius 3 is 2.47 bits per heavy atom. The Kier molecular flexibility index (Phi) is 4.93. The number of aliphatic hydroxyl groups is 1. The third-order valence-electron chi connectivity index (χ3n) is 3.27. The van der Waals surface area contributed by atoms with Crippen molar-refractivity contribution < 1.29 is 9.84 Å². The third-order valence-corrected chi connectivity index (χ3v) is 3.27. The van der Waals surface area contributed by atoms with Gasteiger partial charge >= 0.3 is 0 Å². The van der Waals surface area contributed by atoms with E-state index in [-0.39, 0.29) is 12.6 Å². The summed E-state index contributed by atoms with van der Waals surface area (Å²) in [5, 5.41) is 13.0. The molecule has 1 aromatic carbocycles. The lowest BCUT2D eigenvalue weighted by Crippen LogP contribution is -2.35. The van der Waals surface area contributed by atoms with Gasteiger partial charge < -0.3 is 20.9 Å². The summed E-state index contributed by atoms with van der Waals surface area (Å²) in [6.45, 7) is 4.27. The Morgan fingerprint density at radius 1 is 1.35 bits per heavy atom. The largest absolute Gasteiger partial charge is 0.496 e. The lowest BCUT2D eigenvalue weighted by Gasteiger charge is -2.24. The van der Waals surface area contributed by atoms with E-state index in [1.54, 1.807) is 7.11 Å². The standard InChI is InChI=1S/C13H22N2O2/c1-8-9(2)12(17-4)6-5-10(8)13(15-3)11(16)7-14/h5-6,11,13,15-16H,7,14H2,1-4H3. The number of benzene rings is 1. The molecule has 2 atom stereocenters. The Hall–Kier alpha value is -1.10. The maximum atomic E-state index is 9.89. The van der Waals surface area contributed by atoms with Crippen LogP contribution in [0.15, 0.2) is 12.1 Å². The normalized spacial score (nSPS) is 14.5. The highest BCUT2D eigenvalue weighted by Gasteiger charge is 2.21. The van der Waals surface area contributed by atoms with Crippen LogP contribution in [0, 0.1) is 13.8 Å². The van der Waals surface area contributed by atoms with Crippen molar-refractivity contribution in [1.82, 2.24) is 5.32 Å². The SMILES string of the molecule is CNC(c1ccc(OC)c(C)c1C)C(O)CN. The van der Waals surface area contributed by atoms with Crippen LogP contribution in [0.2, 0.25) is 0 Å².